The van der Waals surface area contributed by atoms with Crippen molar-refractivity contribution in [2.24, 2.45) is 0 Å². The smallest absolute Gasteiger partial charge is 0.253 e. The summed E-state index contributed by atoms with van der Waals surface area (Å²) in [6, 6.07) is 5.66. The fourth-order valence-electron chi connectivity index (χ4n) is 3.84. The van der Waals surface area contributed by atoms with Crippen molar-refractivity contribution in [3.8, 4) is 0 Å². The highest BCUT2D eigenvalue weighted by Gasteiger charge is 2.29. The van der Waals surface area contributed by atoms with Crippen LogP contribution in [0.15, 0.2) is 18.2 Å². The molecule has 2 heterocycles. The number of hydrogen-bond acceptors (Lipinski definition) is 4. The third kappa shape index (κ3) is 3.67. The molecule has 0 spiro atoms. The molecule has 138 valence electrons. The maximum absolute atomic E-state index is 12.9. The number of fused-ring (bicyclic) bond motifs is 1. The minimum absolute atomic E-state index is 0.0237. The molecule has 2 aliphatic rings. The van der Waals surface area contributed by atoms with Crippen LogP contribution < -0.4 is 4.31 Å². The van der Waals surface area contributed by atoms with Gasteiger partial charge in [-0.1, -0.05) is 6.92 Å². The summed E-state index contributed by atoms with van der Waals surface area (Å²) in [5.41, 5.74) is 2.29. The van der Waals surface area contributed by atoms with Crippen molar-refractivity contribution in [1.29, 1.82) is 0 Å². The van der Waals surface area contributed by atoms with Gasteiger partial charge in [-0.2, -0.15) is 0 Å². The van der Waals surface area contributed by atoms with Crippen LogP contribution in [-0.2, 0) is 16.4 Å². The van der Waals surface area contributed by atoms with Crippen LogP contribution in [0.5, 0.6) is 0 Å². The number of likely N-dealkylation sites (tertiary alicyclic amines) is 1. The van der Waals surface area contributed by atoms with E-state index in [4.69, 9.17) is 0 Å². The number of benzene rings is 1. The molecule has 2 aliphatic heterocycles. The lowest BCUT2D eigenvalue weighted by molar-refractivity contribution is 0.0647. The topological polar surface area (TPSA) is 60.9 Å². The summed E-state index contributed by atoms with van der Waals surface area (Å²) in [5, 5.41) is 0. The number of carbonyl (C=O) groups is 1. The normalized spacial score (nSPS) is 19.1. The Morgan fingerprint density at radius 2 is 1.92 bits per heavy atom. The predicted octanol–water partition coefficient (Wildman–Crippen LogP) is 1.57. The Labute approximate surface area is 150 Å². The van der Waals surface area contributed by atoms with Crippen molar-refractivity contribution in [2.75, 3.05) is 43.8 Å². The van der Waals surface area contributed by atoms with Crippen LogP contribution in [0.3, 0.4) is 0 Å². The van der Waals surface area contributed by atoms with Crippen molar-refractivity contribution in [3.63, 3.8) is 0 Å². The highest BCUT2D eigenvalue weighted by atomic mass is 32.2. The zero-order valence-electron chi connectivity index (χ0n) is 15.2. The molecule has 0 saturated carbocycles. The lowest BCUT2D eigenvalue weighted by atomic mass is 10.0. The van der Waals surface area contributed by atoms with Gasteiger partial charge in [0.2, 0.25) is 10.0 Å². The van der Waals surface area contributed by atoms with Crippen LogP contribution in [0.1, 0.15) is 35.7 Å². The van der Waals surface area contributed by atoms with E-state index < -0.39 is 10.0 Å². The molecule has 0 aliphatic carbocycles. The lowest BCUT2D eigenvalue weighted by Gasteiger charge is -2.36. The molecule has 0 aromatic heterocycles. The number of rotatable bonds is 4. The zero-order valence-corrected chi connectivity index (χ0v) is 16.1. The summed E-state index contributed by atoms with van der Waals surface area (Å²) in [6.45, 7) is 5.75. The molecule has 0 bridgehead atoms. The van der Waals surface area contributed by atoms with Crippen LogP contribution in [0.25, 0.3) is 0 Å². The van der Waals surface area contributed by atoms with E-state index in [1.54, 1.807) is 12.1 Å². The number of sulfonamides is 1. The second kappa shape index (κ2) is 6.96. The Morgan fingerprint density at radius 1 is 1.24 bits per heavy atom. The quantitative estimate of drug-likeness (QED) is 0.813. The molecule has 0 unspecified atom stereocenters. The molecule has 7 heteroatoms. The van der Waals surface area contributed by atoms with E-state index in [0.29, 0.717) is 24.2 Å². The molecule has 25 heavy (non-hydrogen) atoms. The van der Waals surface area contributed by atoms with Gasteiger partial charge < -0.3 is 9.80 Å². The summed E-state index contributed by atoms with van der Waals surface area (Å²) in [7, 11) is -1.38. The van der Waals surface area contributed by atoms with Crippen molar-refractivity contribution >= 4 is 21.6 Å². The van der Waals surface area contributed by atoms with E-state index in [1.165, 1.54) is 10.6 Å². The number of amides is 1. The van der Waals surface area contributed by atoms with Gasteiger partial charge in [-0.3, -0.25) is 9.10 Å². The molecule has 1 fully saturated rings. The number of carbonyl (C=O) groups excluding carboxylic acids is 1. The third-order valence-corrected chi connectivity index (χ3v) is 6.63. The first kappa shape index (κ1) is 18.2. The molecule has 1 aromatic rings. The van der Waals surface area contributed by atoms with E-state index >= 15 is 0 Å². The maximum atomic E-state index is 12.9. The maximum Gasteiger partial charge on any atom is 0.253 e. The minimum atomic E-state index is -3.26. The summed E-state index contributed by atoms with van der Waals surface area (Å²) in [4.78, 5) is 17.1. The SMILES string of the molecule is CCN1CCC(N(C)C(=O)c2ccc3c(c2)CCN3S(C)(=O)=O)CC1. The number of nitrogens with zero attached hydrogens (tertiary/aromatic N) is 3. The molecule has 0 atom stereocenters. The van der Waals surface area contributed by atoms with Gasteiger partial charge in [0.25, 0.3) is 5.91 Å². The predicted molar refractivity (Wildman–Crippen MR) is 99.6 cm³/mol. The molecule has 0 N–H and O–H groups in total. The van der Waals surface area contributed by atoms with E-state index in [1.807, 2.05) is 18.0 Å². The first-order valence-electron chi connectivity index (χ1n) is 8.91. The Bertz CT molecular complexity index is 755. The van der Waals surface area contributed by atoms with Gasteiger partial charge in [0, 0.05) is 38.3 Å². The first-order valence-corrected chi connectivity index (χ1v) is 10.8. The van der Waals surface area contributed by atoms with Gasteiger partial charge in [0.15, 0.2) is 0 Å². The standard InChI is InChI=1S/C18H27N3O3S/c1-4-20-10-8-16(9-11-20)19(2)18(22)15-5-6-17-14(13-15)7-12-21(17)25(3,23)24/h5-6,13,16H,4,7-12H2,1-3H3. The number of hydrogen-bond donors (Lipinski definition) is 0. The fourth-order valence-corrected chi connectivity index (χ4v) is 4.80. The summed E-state index contributed by atoms with van der Waals surface area (Å²) in [5.74, 6) is 0.0237. The number of piperidine rings is 1. The molecule has 0 radical (unpaired) electrons. The van der Waals surface area contributed by atoms with E-state index in [9.17, 15) is 13.2 Å². The van der Waals surface area contributed by atoms with E-state index in [0.717, 1.165) is 38.0 Å². The second-order valence-corrected chi connectivity index (χ2v) is 8.92. The molecule has 1 aromatic carbocycles. The molecule has 1 amide bonds. The van der Waals surface area contributed by atoms with Gasteiger partial charge in [-0.05, 0) is 49.6 Å². The highest BCUT2D eigenvalue weighted by molar-refractivity contribution is 7.92. The minimum Gasteiger partial charge on any atom is -0.339 e. The van der Waals surface area contributed by atoms with Crippen molar-refractivity contribution in [3.05, 3.63) is 29.3 Å². The molecule has 3 rings (SSSR count). The third-order valence-electron chi connectivity index (χ3n) is 5.45. The second-order valence-electron chi connectivity index (χ2n) is 7.01. The summed E-state index contributed by atoms with van der Waals surface area (Å²) < 4.78 is 25.1. The Morgan fingerprint density at radius 3 is 2.52 bits per heavy atom. The van der Waals surface area contributed by atoms with Gasteiger partial charge in [-0.15, -0.1) is 0 Å². The van der Waals surface area contributed by atoms with Crippen LogP contribution in [0, 0.1) is 0 Å². The van der Waals surface area contributed by atoms with Crippen molar-refractivity contribution < 1.29 is 13.2 Å². The Hall–Kier alpha value is -1.60. The van der Waals surface area contributed by atoms with Gasteiger partial charge in [0.05, 0.1) is 11.9 Å². The largest absolute Gasteiger partial charge is 0.339 e. The fraction of sp³-hybridized carbons (Fsp3) is 0.611. The lowest BCUT2D eigenvalue weighted by Crippen LogP contribution is -2.45. The first-order chi connectivity index (χ1) is 11.8. The zero-order chi connectivity index (χ0) is 18.2. The van der Waals surface area contributed by atoms with Crippen LogP contribution >= 0.6 is 0 Å². The van der Waals surface area contributed by atoms with Crippen LogP contribution in [0.2, 0.25) is 0 Å². The highest BCUT2D eigenvalue weighted by Crippen LogP contribution is 2.31. The summed E-state index contributed by atoms with van der Waals surface area (Å²) >= 11 is 0. The molecular weight excluding hydrogens is 338 g/mol. The molecule has 1 saturated heterocycles. The van der Waals surface area contributed by atoms with E-state index in [2.05, 4.69) is 11.8 Å². The van der Waals surface area contributed by atoms with Crippen molar-refractivity contribution in [1.82, 2.24) is 9.80 Å². The number of anilines is 1. The van der Waals surface area contributed by atoms with Gasteiger partial charge in [-0.25, -0.2) is 8.42 Å². The Kier molecular flexibility index (Phi) is 5.06. The van der Waals surface area contributed by atoms with Crippen LogP contribution in [-0.4, -0.2) is 69.6 Å². The monoisotopic (exact) mass is 365 g/mol. The van der Waals surface area contributed by atoms with E-state index in [-0.39, 0.29) is 11.9 Å². The molecule has 6 nitrogen and oxygen atoms in total. The summed E-state index contributed by atoms with van der Waals surface area (Å²) in [6.07, 6.45) is 3.88. The van der Waals surface area contributed by atoms with Gasteiger partial charge >= 0.3 is 0 Å². The van der Waals surface area contributed by atoms with Crippen molar-refractivity contribution in [2.45, 2.75) is 32.2 Å². The van der Waals surface area contributed by atoms with Crippen LogP contribution in [0.4, 0.5) is 5.69 Å². The average Bonchev–Trinajstić information content (AvgIpc) is 3.04. The van der Waals surface area contributed by atoms with Gasteiger partial charge in [0.1, 0.15) is 0 Å². The Balaban J connectivity index is 1.73. The molecular formula is C18H27N3O3S. The average molecular weight is 365 g/mol.